The molecule has 0 radical (unpaired) electrons. The summed E-state index contributed by atoms with van der Waals surface area (Å²) < 4.78 is 10.6. The van der Waals surface area contributed by atoms with Gasteiger partial charge in [0.1, 0.15) is 17.1 Å². The third-order valence-corrected chi connectivity index (χ3v) is 3.86. The second-order valence-electron chi connectivity index (χ2n) is 5.56. The van der Waals surface area contributed by atoms with E-state index < -0.39 is 0 Å². The molecule has 5 nitrogen and oxygen atoms in total. The molecule has 5 heteroatoms. The highest BCUT2D eigenvalue weighted by Gasteiger charge is 2.18. The Balaban J connectivity index is 1.74. The average Bonchev–Trinajstić information content (AvgIpc) is 2.69. The molecule has 3 rings (SSSR count). The largest absolute Gasteiger partial charge is 0.496 e. The van der Waals surface area contributed by atoms with Crippen molar-refractivity contribution in [3.05, 3.63) is 78.4 Å². The molecule has 0 bridgehead atoms. The number of rotatable bonds is 6. The number of anilines is 3. The summed E-state index contributed by atoms with van der Waals surface area (Å²) in [6.07, 6.45) is 0. The number of ether oxygens (including phenoxy) is 2. The minimum absolute atomic E-state index is 0.289. The third kappa shape index (κ3) is 3.95. The van der Waals surface area contributed by atoms with Gasteiger partial charge in [-0.3, -0.25) is 4.79 Å². The second kappa shape index (κ2) is 8.07. The average molecular weight is 348 g/mol. The number of nitrogens with one attached hydrogen (secondary N) is 2. The molecule has 0 aliphatic rings. The van der Waals surface area contributed by atoms with E-state index >= 15 is 0 Å². The minimum atomic E-state index is -0.289. The van der Waals surface area contributed by atoms with Crippen LogP contribution >= 0.6 is 0 Å². The minimum Gasteiger partial charge on any atom is -0.496 e. The van der Waals surface area contributed by atoms with Crippen LogP contribution in [-0.4, -0.2) is 20.1 Å². The molecular formula is C21H20N2O3. The van der Waals surface area contributed by atoms with Crippen molar-refractivity contribution in [1.29, 1.82) is 0 Å². The van der Waals surface area contributed by atoms with Gasteiger partial charge in [0.15, 0.2) is 0 Å². The summed E-state index contributed by atoms with van der Waals surface area (Å²) in [4.78, 5) is 12.7. The van der Waals surface area contributed by atoms with Gasteiger partial charge in [-0.2, -0.15) is 0 Å². The van der Waals surface area contributed by atoms with Crippen LogP contribution < -0.4 is 20.1 Å². The molecule has 0 aliphatic heterocycles. The number of benzene rings is 3. The Bertz CT molecular complexity index is 855. The van der Waals surface area contributed by atoms with Crippen LogP contribution in [0, 0.1) is 0 Å². The van der Waals surface area contributed by atoms with Gasteiger partial charge in [0.2, 0.25) is 0 Å². The molecule has 3 aromatic carbocycles. The Morgan fingerprint density at radius 2 is 1.23 bits per heavy atom. The van der Waals surface area contributed by atoms with Gasteiger partial charge >= 0.3 is 0 Å². The molecule has 26 heavy (non-hydrogen) atoms. The van der Waals surface area contributed by atoms with E-state index in [2.05, 4.69) is 10.6 Å². The molecule has 1 amide bonds. The first-order chi connectivity index (χ1) is 12.7. The van der Waals surface area contributed by atoms with Crippen LogP contribution in [-0.2, 0) is 0 Å². The molecule has 0 fully saturated rings. The predicted molar refractivity (Wildman–Crippen MR) is 104 cm³/mol. The number of hydrogen-bond donors (Lipinski definition) is 2. The zero-order valence-corrected chi connectivity index (χ0v) is 14.7. The van der Waals surface area contributed by atoms with Gasteiger partial charge in [0, 0.05) is 17.1 Å². The number of amides is 1. The summed E-state index contributed by atoms with van der Waals surface area (Å²) in [7, 11) is 3.05. The van der Waals surface area contributed by atoms with Crippen LogP contribution in [0.1, 0.15) is 10.4 Å². The summed E-state index contributed by atoms with van der Waals surface area (Å²) in [6, 6.07) is 22.6. The van der Waals surface area contributed by atoms with Gasteiger partial charge in [0.25, 0.3) is 5.91 Å². The van der Waals surface area contributed by atoms with Crippen molar-refractivity contribution in [2.45, 2.75) is 0 Å². The number of hydrogen-bond acceptors (Lipinski definition) is 4. The second-order valence-corrected chi connectivity index (χ2v) is 5.56. The SMILES string of the molecule is COc1cccc(OC)c1C(=O)Nc1ccc(Nc2ccccc2)cc1. The highest BCUT2D eigenvalue weighted by Crippen LogP contribution is 2.29. The van der Waals surface area contributed by atoms with E-state index in [0.717, 1.165) is 11.4 Å². The lowest BCUT2D eigenvalue weighted by Gasteiger charge is -2.13. The summed E-state index contributed by atoms with van der Waals surface area (Å²) in [5.41, 5.74) is 2.98. The molecule has 0 aliphatic carbocycles. The van der Waals surface area contributed by atoms with E-state index in [1.54, 1.807) is 18.2 Å². The first-order valence-corrected chi connectivity index (χ1v) is 8.15. The lowest BCUT2D eigenvalue weighted by Crippen LogP contribution is -2.14. The van der Waals surface area contributed by atoms with E-state index in [1.807, 2.05) is 54.6 Å². The van der Waals surface area contributed by atoms with Crippen LogP contribution in [0.2, 0.25) is 0 Å². The van der Waals surface area contributed by atoms with Crippen LogP contribution in [0.15, 0.2) is 72.8 Å². The normalized spacial score (nSPS) is 10.1. The number of carbonyl (C=O) groups is 1. The maximum Gasteiger partial charge on any atom is 0.263 e. The van der Waals surface area contributed by atoms with E-state index in [1.165, 1.54) is 14.2 Å². The van der Waals surface area contributed by atoms with Gasteiger partial charge in [0.05, 0.1) is 14.2 Å². The van der Waals surface area contributed by atoms with Crippen molar-refractivity contribution in [1.82, 2.24) is 0 Å². The van der Waals surface area contributed by atoms with Gasteiger partial charge in [-0.25, -0.2) is 0 Å². The molecule has 3 aromatic rings. The van der Waals surface area contributed by atoms with Gasteiger partial charge in [-0.1, -0.05) is 24.3 Å². The summed E-state index contributed by atoms with van der Waals surface area (Å²) in [5.74, 6) is 0.636. The zero-order valence-electron chi connectivity index (χ0n) is 14.7. The van der Waals surface area contributed by atoms with Crippen molar-refractivity contribution >= 4 is 23.0 Å². The van der Waals surface area contributed by atoms with Crippen molar-refractivity contribution in [3.63, 3.8) is 0 Å². The van der Waals surface area contributed by atoms with Crippen LogP contribution in [0.5, 0.6) is 11.5 Å². The zero-order chi connectivity index (χ0) is 18.4. The Kier molecular flexibility index (Phi) is 5.39. The highest BCUT2D eigenvalue weighted by molar-refractivity contribution is 6.08. The fourth-order valence-corrected chi connectivity index (χ4v) is 2.59. The third-order valence-electron chi connectivity index (χ3n) is 3.86. The van der Waals surface area contributed by atoms with Crippen LogP contribution in [0.4, 0.5) is 17.1 Å². The van der Waals surface area contributed by atoms with E-state index in [-0.39, 0.29) is 5.91 Å². The Labute approximate surface area is 152 Å². The molecule has 2 N–H and O–H groups in total. The summed E-state index contributed by atoms with van der Waals surface area (Å²) in [5, 5.41) is 6.17. The molecule has 0 aromatic heterocycles. The number of methoxy groups -OCH3 is 2. The topological polar surface area (TPSA) is 59.6 Å². The van der Waals surface area contributed by atoms with Gasteiger partial charge < -0.3 is 20.1 Å². The molecular weight excluding hydrogens is 328 g/mol. The molecule has 0 saturated carbocycles. The Morgan fingerprint density at radius 1 is 0.692 bits per heavy atom. The van der Waals surface area contributed by atoms with Crippen molar-refractivity contribution in [2.75, 3.05) is 24.9 Å². The van der Waals surface area contributed by atoms with Crippen LogP contribution in [0.25, 0.3) is 0 Å². The van der Waals surface area contributed by atoms with E-state index in [4.69, 9.17) is 9.47 Å². The molecule has 0 atom stereocenters. The molecule has 132 valence electrons. The van der Waals surface area contributed by atoms with Crippen molar-refractivity contribution in [2.24, 2.45) is 0 Å². The van der Waals surface area contributed by atoms with Gasteiger partial charge in [-0.15, -0.1) is 0 Å². The fourth-order valence-electron chi connectivity index (χ4n) is 2.59. The Hall–Kier alpha value is -3.47. The van der Waals surface area contributed by atoms with Gasteiger partial charge in [-0.05, 0) is 48.5 Å². The lowest BCUT2D eigenvalue weighted by atomic mass is 10.1. The maximum absolute atomic E-state index is 12.7. The van der Waals surface area contributed by atoms with Crippen molar-refractivity contribution in [3.8, 4) is 11.5 Å². The van der Waals surface area contributed by atoms with E-state index in [0.29, 0.717) is 22.7 Å². The molecule has 0 unspecified atom stereocenters. The number of para-hydroxylation sites is 1. The summed E-state index contributed by atoms with van der Waals surface area (Å²) >= 11 is 0. The quantitative estimate of drug-likeness (QED) is 0.678. The molecule has 0 spiro atoms. The van der Waals surface area contributed by atoms with Crippen molar-refractivity contribution < 1.29 is 14.3 Å². The first kappa shape index (κ1) is 17.4. The monoisotopic (exact) mass is 348 g/mol. The predicted octanol–water partition coefficient (Wildman–Crippen LogP) is 4.70. The standard InChI is InChI=1S/C21H20N2O3/c1-25-18-9-6-10-19(26-2)20(18)21(24)23-17-13-11-16(12-14-17)22-15-7-4-3-5-8-15/h3-14,22H,1-2H3,(H,23,24). The summed E-state index contributed by atoms with van der Waals surface area (Å²) in [6.45, 7) is 0. The lowest BCUT2D eigenvalue weighted by molar-refractivity contribution is 0.102. The maximum atomic E-state index is 12.7. The first-order valence-electron chi connectivity index (χ1n) is 8.15. The van der Waals surface area contributed by atoms with Crippen LogP contribution in [0.3, 0.4) is 0 Å². The Morgan fingerprint density at radius 3 is 1.81 bits per heavy atom. The molecule has 0 heterocycles. The fraction of sp³-hybridized carbons (Fsp3) is 0.0952. The van der Waals surface area contributed by atoms with E-state index in [9.17, 15) is 4.79 Å². The number of carbonyl (C=O) groups excluding carboxylic acids is 1. The smallest absolute Gasteiger partial charge is 0.263 e. The highest BCUT2D eigenvalue weighted by atomic mass is 16.5. The molecule has 0 saturated heterocycles.